The molecule has 5 fully saturated rings. The molecule has 5 N–H and O–H groups in total. The highest BCUT2D eigenvalue weighted by Crippen LogP contribution is 2.52. The number of carboxylic acid groups (broad SMARTS) is 1. The topological polar surface area (TPSA) is 198 Å². The van der Waals surface area contributed by atoms with Crippen LogP contribution in [0.15, 0.2) is 36.2 Å². The van der Waals surface area contributed by atoms with E-state index in [-0.39, 0.29) is 56.3 Å². The number of anilines is 1. The largest absolute Gasteiger partial charge is 0.611 e. The lowest BCUT2D eigenvalue weighted by atomic mass is 9.92. The Kier molecular flexibility index (Phi) is 14.5. The number of carbonyl (C=O) groups is 3. The van der Waals surface area contributed by atoms with Gasteiger partial charge in [-0.1, -0.05) is 38.4 Å². The van der Waals surface area contributed by atoms with Crippen molar-refractivity contribution >= 4 is 56.9 Å². The van der Waals surface area contributed by atoms with Gasteiger partial charge in [0.25, 0.3) is 0 Å². The molecule has 3 saturated carbocycles. The van der Waals surface area contributed by atoms with E-state index in [2.05, 4.69) is 22.5 Å². The van der Waals surface area contributed by atoms with Crippen LogP contribution in [0.1, 0.15) is 66.7 Å². The van der Waals surface area contributed by atoms with E-state index in [1.54, 1.807) is 39.0 Å². The molecule has 0 bridgehead atoms. The number of fused-ring (bicyclic) bond motifs is 2. The van der Waals surface area contributed by atoms with Crippen LogP contribution in [-0.2, 0) is 14.3 Å². The van der Waals surface area contributed by atoms with Crippen molar-refractivity contribution in [2.45, 2.75) is 109 Å². The van der Waals surface area contributed by atoms with Crippen molar-refractivity contribution in [3.05, 3.63) is 46.5 Å². The van der Waals surface area contributed by atoms with Crippen LogP contribution in [0, 0.1) is 28.4 Å². The summed E-state index contributed by atoms with van der Waals surface area (Å²) in [7, 11) is 0. The molecular weight excluding hydrogens is 931 g/mol. The van der Waals surface area contributed by atoms with Crippen LogP contribution in [0.25, 0.3) is 22.3 Å². The Morgan fingerprint density at radius 1 is 1.04 bits per heavy atom. The van der Waals surface area contributed by atoms with Gasteiger partial charge in [-0.3, -0.25) is 25.1 Å². The van der Waals surface area contributed by atoms with Crippen LogP contribution in [0.4, 0.5) is 23.1 Å². The van der Waals surface area contributed by atoms with Gasteiger partial charge in [0.05, 0.1) is 24.3 Å². The summed E-state index contributed by atoms with van der Waals surface area (Å²) in [5.41, 5.74) is -1.14. The summed E-state index contributed by atoms with van der Waals surface area (Å²) in [6.45, 7) is 14.2. The van der Waals surface area contributed by atoms with Gasteiger partial charge in [-0.2, -0.15) is 13.2 Å². The van der Waals surface area contributed by atoms with Gasteiger partial charge in [0.15, 0.2) is 11.3 Å². The molecule has 9 atom stereocenters. The number of aliphatic carboxylic acids is 1. The Hall–Kier alpha value is -4.51. The number of benzene rings is 1. The first-order valence-corrected chi connectivity index (χ1v) is 24.5. The van der Waals surface area contributed by atoms with E-state index in [1.165, 1.54) is 27.3 Å². The number of halogens is 4. The highest BCUT2D eigenvalue weighted by Gasteiger charge is 2.61. The molecule has 4 unspecified atom stereocenters. The summed E-state index contributed by atoms with van der Waals surface area (Å²) in [4.78, 5) is 53.3. The fourth-order valence-corrected chi connectivity index (χ4v) is 10.8. The lowest BCUT2D eigenvalue weighted by molar-refractivity contribution is -1.00. The molecule has 2 amide bonds. The van der Waals surface area contributed by atoms with Crippen molar-refractivity contribution in [3.63, 3.8) is 0 Å². The number of alkyl halides is 3. The van der Waals surface area contributed by atoms with Crippen LogP contribution in [0.2, 0.25) is 5.02 Å². The number of ether oxygens (including phenoxy) is 3. The monoisotopic (exact) mass is 991 g/mol. The quantitative estimate of drug-likeness (QED) is 0.0604. The van der Waals surface area contributed by atoms with E-state index in [4.69, 9.17) is 35.8 Å². The fraction of sp³-hybridized carbons (Fsp3) is 0.630. The molecule has 0 radical (unpaired) electrons. The molecule has 17 nitrogen and oxygen atoms in total. The third-order valence-corrected chi connectivity index (χ3v) is 14.7. The summed E-state index contributed by atoms with van der Waals surface area (Å²) in [6, 6.07) is 4.06. The van der Waals surface area contributed by atoms with Gasteiger partial charge in [0.1, 0.15) is 52.6 Å². The molecule has 372 valence electrons. The van der Waals surface area contributed by atoms with E-state index in [0.717, 1.165) is 19.3 Å². The maximum Gasteiger partial charge on any atom is 0.412 e. The van der Waals surface area contributed by atoms with Crippen molar-refractivity contribution in [3.8, 4) is 22.9 Å². The number of nitrogens with one attached hydrogen (secondary N) is 4. The summed E-state index contributed by atoms with van der Waals surface area (Å²) in [5, 5.41) is 37.8. The predicted molar refractivity (Wildman–Crippen MR) is 249 cm³/mol. The third-order valence-electron chi connectivity index (χ3n) is 13.6. The minimum absolute atomic E-state index is 0.0319. The lowest BCUT2D eigenvalue weighted by Crippen LogP contribution is -3.21. The number of piperazine rings is 1. The second kappa shape index (κ2) is 19.7. The summed E-state index contributed by atoms with van der Waals surface area (Å²) in [6.07, 6.45) is -2.83. The van der Waals surface area contributed by atoms with Crippen molar-refractivity contribution < 1.29 is 52.0 Å². The Morgan fingerprint density at radius 3 is 2.38 bits per heavy atom. The first-order valence-electron chi connectivity index (χ1n) is 23.2. The van der Waals surface area contributed by atoms with Crippen molar-refractivity contribution in [1.82, 2.24) is 35.4 Å². The first kappa shape index (κ1) is 49.9. The van der Waals surface area contributed by atoms with Gasteiger partial charge < -0.3 is 35.2 Å². The number of thiazole rings is 1. The number of hydrogen-bond acceptors (Lipinski definition) is 14. The zero-order chi connectivity index (χ0) is 48.9. The van der Waals surface area contributed by atoms with Gasteiger partial charge in [-0.15, -0.1) is 22.9 Å². The van der Waals surface area contributed by atoms with Gasteiger partial charge in [-0.05, 0) is 63.5 Å². The van der Waals surface area contributed by atoms with Gasteiger partial charge >= 0.3 is 18.2 Å². The highest BCUT2D eigenvalue weighted by atomic mass is 35.5. The Bertz CT molecular complexity index is 2350. The normalized spacial score (nSPS) is 27.3. The standard InChI is InChI=1S/C46H61ClF3N9O8S/c1-7-28-21-45(28,41(61)62)55-39(60)34-19-30(22-58(34)59(64)40(44(4,5)6)54-43(63)67-29-17-26-16-27(26)18-29)66-36-20-32(33-23-68-42(53-33)51-25(2)3)52-38-31(36)8-9-35(37(38)47)65-15-14-56-10-12-57(13-11-56)24-46(48,49)50/h7-9,20,23,25-30,34,40,59H,1,10-19,21-22,24H2,2-6H3,(H,51,53)(H,54,63)(H,55,60)(H,61,62)/t26-,27+,28-,29?,30?,34+,40-,45?/m1/s1. The maximum absolute atomic E-state index is 14.8. The first-order chi connectivity index (χ1) is 32.1. The number of hydroxylamine groups is 1. The molecule has 3 aliphatic carbocycles. The Balaban J connectivity index is 1.06. The van der Waals surface area contributed by atoms with Gasteiger partial charge in [0.2, 0.25) is 5.91 Å². The molecule has 4 heterocycles. The average Bonchev–Trinajstić information content (AvgIpc) is 3.93. The van der Waals surface area contributed by atoms with Crippen molar-refractivity contribution in [1.29, 1.82) is 0 Å². The molecule has 2 aromatic heterocycles. The van der Waals surface area contributed by atoms with Gasteiger partial charge in [-0.25, -0.2) is 19.6 Å². The smallest absolute Gasteiger partial charge is 0.412 e. The van der Waals surface area contributed by atoms with E-state index >= 15 is 0 Å². The van der Waals surface area contributed by atoms with E-state index in [1.807, 2.05) is 24.1 Å². The van der Waals surface area contributed by atoms with Gasteiger partial charge in [0, 0.05) is 73.4 Å². The molecular formula is C46H61ClF3N9O8S. The molecule has 8 rings (SSSR count). The number of carboxylic acids is 1. The number of quaternary nitrogens is 1. The number of carbonyl (C=O) groups excluding carboxylic acids is 2. The number of alkyl carbamates (subject to hydrolysis) is 1. The molecule has 22 heteroatoms. The number of rotatable bonds is 18. The van der Waals surface area contributed by atoms with Crippen molar-refractivity contribution in [2.75, 3.05) is 57.7 Å². The summed E-state index contributed by atoms with van der Waals surface area (Å²) in [5.74, 6) is -0.620. The van der Waals surface area contributed by atoms with Crippen LogP contribution in [0.5, 0.6) is 11.5 Å². The SMILES string of the molecule is C=C[C@@H]1CC1(NC(=O)[C@@H]1CC(Oc2cc(-c3csc(NC(C)C)n3)nc3c(Cl)c(OCCN4CCN(CC(F)(F)F)CC4)ccc23)CN1[NH+]([O-])[C@@H](NC(=O)OC1C[C@@H]2C[C@@H]2C1)C(C)(C)C)C(=O)O. The molecule has 0 spiro atoms. The van der Waals surface area contributed by atoms with Crippen LogP contribution >= 0.6 is 22.9 Å². The van der Waals surface area contributed by atoms with E-state index in [0.29, 0.717) is 70.4 Å². The third kappa shape index (κ3) is 11.4. The number of nitrogens with zero attached hydrogens (tertiary/aromatic N) is 5. The molecule has 5 aliphatic rings. The second-order valence-corrected chi connectivity index (χ2v) is 21.4. The highest BCUT2D eigenvalue weighted by molar-refractivity contribution is 7.14. The lowest BCUT2D eigenvalue weighted by Gasteiger charge is -2.44. The number of hydrogen-bond donors (Lipinski definition) is 5. The molecule has 2 aliphatic heterocycles. The van der Waals surface area contributed by atoms with Crippen LogP contribution in [-0.4, -0.2) is 142 Å². The molecule has 2 saturated heterocycles. The number of amides is 2. The van der Waals surface area contributed by atoms with Crippen LogP contribution < -0.4 is 30.6 Å². The zero-order valence-corrected chi connectivity index (χ0v) is 40.4. The summed E-state index contributed by atoms with van der Waals surface area (Å²) >= 11 is 8.48. The van der Waals surface area contributed by atoms with E-state index < -0.39 is 71.0 Å². The minimum Gasteiger partial charge on any atom is -0.611 e. The van der Waals surface area contributed by atoms with Crippen LogP contribution in [0.3, 0.4) is 0 Å². The molecule has 3 aromatic rings. The average molecular weight is 993 g/mol. The number of pyridine rings is 1. The Morgan fingerprint density at radius 2 is 1.75 bits per heavy atom. The predicted octanol–water partition coefficient (Wildman–Crippen LogP) is 5.55. The fourth-order valence-electron chi connectivity index (χ4n) is 9.71. The van der Waals surface area contributed by atoms with Crippen molar-refractivity contribution in [2.24, 2.45) is 23.2 Å². The maximum atomic E-state index is 14.8. The molecule has 1 aromatic carbocycles. The van der Waals surface area contributed by atoms with E-state index in [9.17, 15) is 37.9 Å². The summed E-state index contributed by atoms with van der Waals surface area (Å²) < 4.78 is 57.5. The Labute approximate surface area is 402 Å². The molecule has 68 heavy (non-hydrogen) atoms. The number of aromatic nitrogens is 2. The zero-order valence-electron chi connectivity index (χ0n) is 38.9. The second-order valence-electron chi connectivity index (χ2n) is 20.2. The minimum atomic E-state index is -4.25.